The van der Waals surface area contributed by atoms with Crippen LogP contribution in [0.5, 0.6) is 0 Å². The Hall–Kier alpha value is -2.69. The van der Waals surface area contributed by atoms with Gasteiger partial charge in [-0.15, -0.1) is 0 Å². The Morgan fingerprint density at radius 3 is 1.52 bits per heavy atom. The molecule has 0 bridgehead atoms. The van der Waals surface area contributed by atoms with Gasteiger partial charge in [0.25, 0.3) is 0 Å². The van der Waals surface area contributed by atoms with Crippen molar-refractivity contribution in [2.75, 3.05) is 4.90 Å². The molecule has 2 aliphatic carbocycles. The minimum Gasteiger partial charge on any atom is -0.363 e. The van der Waals surface area contributed by atoms with Crippen LogP contribution in [0.1, 0.15) is 55.4 Å². The molecule has 2 N–H and O–H groups in total. The first-order valence-electron chi connectivity index (χ1n) is 11.4. The molecule has 2 aliphatic rings. The van der Waals surface area contributed by atoms with Crippen molar-refractivity contribution < 1.29 is 10.2 Å². The highest BCUT2D eigenvalue weighted by Gasteiger charge is 2.58. The molecular formula is C29H38N2O2. The van der Waals surface area contributed by atoms with Crippen LogP contribution in [-0.2, 0) is 0 Å². The van der Waals surface area contributed by atoms with E-state index in [1.165, 1.54) is 0 Å². The van der Waals surface area contributed by atoms with Crippen LogP contribution in [-0.4, -0.2) is 26.6 Å². The fourth-order valence-corrected chi connectivity index (χ4v) is 4.90. The zero-order chi connectivity index (χ0) is 25.0. The van der Waals surface area contributed by atoms with Crippen molar-refractivity contribution in [2.45, 2.75) is 66.8 Å². The molecule has 2 unspecified atom stereocenters. The molecule has 0 aliphatic heterocycles. The highest BCUT2D eigenvalue weighted by atomic mass is 16.4. The molecule has 1 aromatic rings. The molecule has 176 valence electrons. The second kappa shape index (κ2) is 7.96. The molecule has 1 heterocycles. The van der Waals surface area contributed by atoms with Crippen molar-refractivity contribution in [3.63, 3.8) is 0 Å². The Morgan fingerprint density at radius 1 is 0.758 bits per heavy atom. The van der Waals surface area contributed by atoms with Crippen molar-refractivity contribution in [2.24, 2.45) is 10.8 Å². The van der Waals surface area contributed by atoms with Crippen LogP contribution in [0.4, 0.5) is 5.82 Å². The molecule has 0 radical (unpaired) electrons. The SMILES string of the molecule is C=C1C=C(C)C=C(C(C)(C)C)C1(O)N(c1ccccn1)C1(O)C(=C)C=C(C)C=C1C(C)(C)C. The molecule has 0 saturated carbocycles. The second-order valence-electron chi connectivity index (χ2n) is 11.3. The molecule has 2 atom stereocenters. The zero-order valence-corrected chi connectivity index (χ0v) is 21.3. The summed E-state index contributed by atoms with van der Waals surface area (Å²) in [6, 6.07) is 5.46. The quantitative estimate of drug-likeness (QED) is 0.540. The van der Waals surface area contributed by atoms with E-state index < -0.39 is 22.3 Å². The van der Waals surface area contributed by atoms with Crippen molar-refractivity contribution in [3.8, 4) is 0 Å². The van der Waals surface area contributed by atoms with Gasteiger partial charge in [0.15, 0.2) is 11.4 Å². The number of rotatable bonds is 3. The number of pyridine rings is 1. The van der Waals surface area contributed by atoms with E-state index in [0.29, 0.717) is 17.0 Å². The fraction of sp³-hybridized carbons (Fsp3) is 0.414. The lowest BCUT2D eigenvalue weighted by atomic mass is 9.68. The number of anilines is 1. The molecule has 0 saturated heterocycles. The van der Waals surface area contributed by atoms with Crippen molar-refractivity contribution in [1.82, 2.24) is 4.98 Å². The predicted octanol–water partition coefficient (Wildman–Crippen LogP) is 6.24. The lowest BCUT2D eigenvalue weighted by molar-refractivity contribution is 0.00345. The molecule has 0 aromatic carbocycles. The lowest BCUT2D eigenvalue weighted by Gasteiger charge is -2.57. The van der Waals surface area contributed by atoms with E-state index >= 15 is 0 Å². The largest absolute Gasteiger partial charge is 0.363 e. The molecule has 4 nitrogen and oxygen atoms in total. The number of aromatic nitrogens is 1. The van der Waals surface area contributed by atoms with Gasteiger partial charge in [-0.2, -0.15) is 0 Å². The Labute approximate surface area is 199 Å². The number of allylic oxidation sites excluding steroid dienone is 4. The van der Waals surface area contributed by atoms with Crippen LogP contribution in [0.15, 0.2) is 95.3 Å². The predicted molar refractivity (Wildman–Crippen MR) is 137 cm³/mol. The molecule has 33 heavy (non-hydrogen) atoms. The first-order valence-corrected chi connectivity index (χ1v) is 11.4. The van der Waals surface area contributed by atoms with Gasteiger partial charge in [-0.25, -0.2) is 4.98 Å². The highest BCUT2D eigenvalue weighted by molar-refractivity contribution is 5.66. The second-order valence-corrected chi connectivity index (χ2v) is 11.3. The Balaban J connectivity index is 2.45. The van der Waals surface area contributed by atoms with Gasteiger partial charge in [-0.3, -0.25) is 4.90 Å². The van der Waals surface area contributed by atoms with Crippen molar-refractivity contribution in [1.29, 1.82) is 0 Å². The monoisotopic (exact) mass is 446 g/mol. The summed E-state index contributed by atoms with van der Waals surface area (Å²) in [4.78, 5) is 6.19. The van der Waals surface area contributed by atoms with Crippen LogP contribution >= 0.6 is 0 Å². The zero-order valence-electron chi connectivity index (χ0n) is 21.3. The minimum atomic E-state index is -1.74. The molecule has 0 amide bonds. The third-order valence-electron chi connectivity index (χ3n) is 6.34. The Morgan fingerprint density at radius 2 is 1.18 bits per heavy atom. The summed E-state index contributed by atoms with van der Waals surface area (Å²) in [6.45, 7) is 24.8. The maximum Gasteiger partial charge on any atom is 0.191 e. The van der Waals surface area contributed by atoms with E-state index in [-0.39, 0.29) is 0 Å². The molecule has 1 aromatic heterocycles. The van der Waals surface area contributed by atoms with Crippen molar-refractivity contribution >= 4 is 5.82 Å². The van der Waals surface area contributed by atoms with Gasteiger partial charge in [-0.05, 0) is 48.0 Å². The molecular weight excluding hydrogens is 408 g/mol. The van der Waals surface area contributed by atoms with Crippen LogP contribution in [0, 0.1) is 10.8 Å². The van der Waals surface area contributed by atoms with E-state index in [2.05, 4.69) is 59.7 Å². The van der Waals surface area contributed by atoms with E-state index in [4.69, 9.17) is 0 Å². The number of hydrogen-bond donors (Lipinski definition) is 2. The summed E-state index contributed by atoms with van der Waals surface area (Å²) in [5.74, 6) is 0.427. The highest BCUT2D eigenvalue weighted by Crippen LogP contribution is 2.53. The number of aliphatic hydroxyl groups is 2. The van der Waals surface area contributed by atoms with Gasteiger partial charge < -0.3 is 10.2 Å². The normalized spacial score (nSPS) is 26.4. The Bertz CT molecular complexity index is 1040. The van der Waals surface area contributed by atoms with E-state index in [9.17, 15) is 10.2 Å². The van der Waals surface area contributed by atoms with Gasteiger partial charge >= 0.3 is 0 Å². The van der Waals surface area contributed by atoms with Crippen LogP contribution in [0.25, 0.3) is 0 Å². The minimum absolute atomic E-state index is 0.427. The lowest BCUT2D eigenvalue weighted by Crippen LogP contribution is -2.67. The van der Waals surface area contributed by atoms with Crippen LogP contribution in [0.3, 0.4) is 0 Å². The number of nitrogens with zero attached hydrogens (tertiary/aromatic N) is 2. The summed E-state index contributed by atoms with van der Waals surface area (Å²) in [5, 5.41) is 25.4. The van der Waals surface area contributed by atoms with Crippen molar-refractivity contribution in [3.05, 3.63) is 95.3 Å². The summed E-state index contributed by atoms with van der Waals surface area (Å²) in [5.41, 5.74) is 0.0456. The third kappa shape index (κ3) is 4.07. The standard InChI is InChI=1S/C29H38N2O2/c1-19-15-21(3)28(32,23(17-19)26(5,6)7)31(25-13-11-12-14-30-25)29(33)22(4)16-20(2)18-24(29)27(8,9)10/h11-18,32-33H,3-4H2,1-2,5-10H3. The average molecular weight is 447 g/mol. The van der Waals surface area contributed by atoms with E-state index in [1.54, 1.807) is 17.2 Å². The first kappa shape index (κ1) is 24.9. The summed E-state index contributed by atoms with van der Waals surface area (Å²) in [7, 11) is 0. The van der Waals surface area contributed by atoms with Crippen LogP contribution in [0.2, 0.25) is 0 Å². The topological polar surface area (TPSA) is 56.6 Å². The maximum atomic E-state index is 12.7. The summed E-state index contributed by atoms with van der Waals surface area (Å²) >= 11 is 0. The van der Waals surface area contributed by atoms with Gasteiger partial charge in [0.2, 0.25) is 0 Å². The average Bonchev–Trinajstić information content (AvgIpc) is 2.67. The van der Waals surface area contributed by atoms with Gasteiger partial charge in [-0.1, -0.05) is 96.2 Å². The van der Waals surface area contributed by atoms with Gasteiger partial charge in [0.1, 0.15) is 5.82 Å². The molecule has 0 spiro atoms. The molecule has 0 fully saturated rings. The van der Waals surface area contributed by atoms with Crippen LogP contribution < -0.4 is 4.90 Å². The summed E-state index contributed by atoms with van der Waals surface area (Å²) in [6.07, 6.45) is 9.36. The molecule has 3 rings (SSSR count). The van der Waals surface area contributed by atoms with E-state index in [0.717, 1.165) is 22.3 Å². The maximum absolute atomic E-state index is 12.7. The Kier molecular flexibility index (Phi) is 6.02. The van der Waals surface area contributed by atoms with Gasteiger partial charge in [0.05, 0.1) is 0 Å². The first-order chi connectivity index (χ1) is 15.0. The van der Waals surface area contributed by atoms with E-state index in [1.807, 2.05) is 50.3 Å². The molecule has 4 heteroatoms. The number of hydrogen-bond acceptors (Lipinski definition) is 4. The van der Waals surface area contributed by atoms with Gasteiger partial charge in [0, 0.05) is 17.3 Å². The third-order valence-corrected chi connectivity index (χ3v) is 6.34. The smallest absolute Gasteiger partial charge is 0.191 e. The fourth-order valence-electron chi connectivity index (χ4n) is 4.90. The summed E-state index contributed by atoms with van der Waals surface area (Å²) < 4.78 is 0.